The van der Waals surface area contributed by atoms with Crippen LogP contribution in [-0.4, -0.2) is 16.2 Å². The van der Waals surface area contributed by atoms with E-state index in [0.29, 0.717) is 11.2 Å². The lowest BCUT2D eigenvalue weighted by Crippen LogP contribution is -2.25. The minimum atomic E-state index is 0.445. The number of nitrogens with zero attached hydrogens (tertiary/aromatic N) is 3. The summed E-state index contributed by atoms with van der Waals surface area (Å²) < 4.78 is 0. The summed E-state index contributed by atoms with van der Waals surface area (Å²) in [6.07, 6.45) is 2.49. The Morgan fingerprint density at radius 3 is 2.76 bits per heavy atom. The van der Waals surface area contributed by atoms with Gasteiger partial charge in [-0.1, -0.05) is 17.7 Å². The van der Waals surface area contributed by atoms with Crippen molar-refractivity contribution in [3.05, 3.63) is 39.7 Å². The summed E-state index contributed by atoms with van der Waals surface area (Å²) >= 11 is 7.54. The lowest BCUT2D eigenvalue weighted by molar-refractivity contribution is 0.771. The highest BCUT2D eigenvalue weighted by molar-refractivity contribution is 7.09. The molecule has 5 heteroatoms. The van der Waals surface area contributed by atoms with Crippen molar-refractivity contribution in [2.75, 3.05) is 4.90 Å². The molecule has 88 valence electrons. The Bertz CT molecular complexity index is 479. The van der Waals surface area contributed by atoms with Gasteiger partial charge >= 0.3 is 0 Å². The molecule has 0 unspecified atom stereocenters. The maximum atomic E-state index is 5.76. The van der Waals surface area contributed by atoms with Gasteiger partial charge in [0.05, 0.1) is 6.54 Å². The molecule has 3 rings (SSSR count). The van der Waals surface area contributed by atoms with Gasteiger partial charge in [-0.2, -0.15) is 0 Å². The van der Waals surface area contributed by atoms with E-state index in [1.807, 2.05) is 6.07 Å². The molecule has 1 saturated carbocycles. The third-order valence-electron chi connectivity index (χ3n) is 2.81. The Morgan fingerprint density at radius 1 is 1.29 bits per heavy atom. The Kier molecular flexibility index (Phi) is 2.99. The SMILES string of the molecule is Clc1ccc(N(Cc2cccs2)C2CC2)nn1. The van der Waals surface area contributed by atoms with Gasteiger partial charge in [-0.25, -0.2) is 0 Å². The van der Waals surface area contributed by atoms with E-state index in [1.165, 1.54) is 17.7 Å². The first-order chi connectivity index (χ1) is 8.33. The highest BCUT2D eigenvalue weighted by Gasteiger charge is 2.30. The third-order valence-corrected chi connectivity index (χ3v) is 3.87. The second kappa shape index (κ2) is 4.63. The van der Waals surface area contributed by atoms with Crippen molar-refractivity contribution in [3.8, 4) is 0 Å². The predicted octanol–water partition coefficient (Wildman–Crippen LogP) is 3.36. The maximum absolute atomic E-state index is 5.76. The van der Waals surface area contributed by atoms with Crippen molar-refractivity contribution in [1.82, 2.24) is 10.2 Å². The number of hydrogen-bond acceptors (Lipinski definition) is 4. The summed E-state index contributed by atoms with van der Waals surface area (Å²) in [6.45, 7) is 0.915. The van der Waals surface area contributed by atoms with Crippen molar-refractivity contribution < 1.29 is 0 Å². The zero-order chi connectivity index (χ0) is 11.7. The van der Waals surface area contributed by atoms with E-state index in [4.69, 9.17) is 11.6 Å². The first-order valence-electron chi connectivity index (χ1n) is 5.61. The molecule has 17 heavy (non-hydrogen) atoms. The fraction of sp³-hybridized carbons (Fsp3) is 0.333. The number of halogens is 1. The Balaban J connectivity index is 1.82. The quantitative estimate of drug-likeness (QED) is 0.849. The number of hydrogen-bond donors (Lipinski definition) is 0. The maximum Gasteiger partial charge on any atom is 0.151 e. The smallest absolute Gasteiger partial charge is 0.151 e. The predicted molar refractivity (Wildman–Crippen MR) is 70.6 cm³/mol. The van der Waals surface area contributed by atoms with Crippen LogP contribution in [0.5, 0.6) is 0 Å². The lowest BCUT2D eigenvalue weighted by Gasteiger charge is -2.22. The van der Waals surface area contributed by atoms with Crippen molar-refractivity contribution in [2.24, 2.45) is 0 Å². The summed E-state index contributed by atoms with van der Waals surface area (Å²) in [5.41, 5.74) is 0. The molecule has 0 N–H and O–H groups in total. The van der Waals surface area contributed by atoms with Gasteiger partial charge < -0.3 is 4.90 Å². The van der Waals surface area contributed by atoms with Crippen LogP contribution in [0.1, 0.15) is 17.7 Å². The van der Waals surface area contributed by atoms with Crippen molar-refractivity contribution >= 4 is 28.8 Å². The van der Waals surface area contributed by atoms with Gasteiger partial charge in [0.1, 0.15) is 0 Å². The molecular formula is C12H12ClN3S. The van der Waals surface area contributed by atoms with Gasteiger partial charge in [-0.05, 0) is 36.4 Å². The second-order valence-corrected chi connectivity index (χ2v) is 5.57. The Morgan fingerprint density at radius 2 is 2.18 bits per heavy atom. The van der Waals surface area contributed by atoms with Gasteiger partial charge in [-0.3, -0.25) is 0 Å². The van der Waals surface area contributed by atoms with E-state index in [1.54, 1.807) is 17.4 Å². The van der Waals surface area contributed by atoms with Crippen LogP contribution < -0.4 is 4.90 Å². The van der Waals surface area contributed by atoms with Gasteiger partial charge in [0.2, 0.25) is 0 Å². The summed E-state index contributed by atoms with van der Waals surface area (Å²) in [6, 6.07) is 8.60. The topological polar surface area (TPSA) is 29.0 Å². The lowest BCUT2D eigenvalue weighted by atomic mass is 10.3. The van der Waals surface area contributed by atoms with E-state index >= 15 is 0 Å². The molecule has 1 aliphatic carbocycles. The molecule has 3 nitrogen and oxygen atoms in total. The fourth-order valence-corrected chi connectivity index (χ4v) is 2.62. The van der Waals surface area contributed by atoms with Crippen molar-refractivity contribution in [2.45, 2.75) is 25.4 Å². The van der Waals surface area contributed by atoms with Crippen LogP contribution >= 0.6 is 22.9 Å². The minimum Gasteiger partial charge on any atom is -0.347 e. The molecule has 0 amide bonds. The van der Waals surface area contributed by atoms with Crippen molar-refractivity contribution in [3.63, 3.8) is 0 Å². The van der Waals surface area contributed by atoms with Gasteiger partial charge in [0.25, 0.3) is 0 Å². The normalized spacial score (nSPS) is 14.9. The average Bonchev–Trinajstić information content (AvgIpc) is 3.05. The molecule has 0 aliphatic heterocycles. The molecule has 0 atom stereocenters. The van der Waals surface area contributed by atoms with Crippen molar-refractivity contribution in [1.29, 1.82) is 0 Å². The largest absolute Gasteiger partial charge is 0.347 e. The first-order valence-corrected chi connectivity index (χ1v) is 6.87. The van der Waals surface area contributed by atoms with Crippen LogP contribution in [0, 0.1) is 0 Å². The molecular weight excluding hydrogens is 254 g/mol. The zero-order valence-electron chi connectivity index (χ0n) is 9.21. The molecule has 2 aromatic heterocycles. The molecule has 1 fully saturated rings. The zero-order valence-corrected chi connectivity index (χ0v) is 10.8. The molecule has 2 heterocycles. The van der Waals surface area contributed by atoms with E-state index in [0.717, 1.165) is 12.4 Å². The molecule has 0 aromatic carbocycles. The minimum absolute atomic E-state index is 0.445. The number of aromatic nitrogens is 2. The van der Waals surface area contributed by atoms with Crippen LogP contribution in [0.2, 0.25) is 5.15 Å². The van der Waals surface area contributed by atoms with E-state index in [-0.39, 0.29) is 0 Å². The highest BCUT2D eigenvalue weighted by Crippen LogP contribution is 2.32. The van der Waals surface area contributed by atoms with E-state index in [9.17, 15) is 0 Å². The fourth-order valence-electron chi connectivity index (χ4n) is 1.82. The van der Waals surface area contributed by atoms with Gasteiger partial charge in [0, 0.05) is 10.9 Å². The van der Waals surface area contributed by atoms with Crippen LogP contribution in [0.3, 0.4) is 0 Å². The summed E-state index contributed by atoms with van der Waals surface area (Å²) in [4.78, 5) is 3.67. The van der Waals surface area contributed by atoms with Crippen LogP contribution in [-0.2, 0) is 6.54 Å². The monoisotopic (exact) mass is 265 g/mol. The molecule has 0 bridgehead atoms. The van der Waals surface area contributed by atoms with E-state index < -0.39 is 0 Å². The number of thiophene rings is 1. The molecule has 1 aliphatic rings. The summed E-state index contributed by atoms with van der Waals surface area (Å²) in [7, 11) is 0. The summed E-state index contributed by atoms with van der Waals surface area (Å²) in [5, 5.41) is 10.6. The second-order valence-electron chi connectivity index (χ2n) is 4.15. The molecule has 0 saturated heterocycles. The van der Waals surface area contributed by atoms with Gasteiger partial charge in [-0.15, -0.1) is 21.5 Å². The third kappa shape index (κ3) is 2.58. The highest BCUT2D eigenvalue weighted by atomic mass is 35.5. The van der Waals surface area contributed by atoms with Crippen LogP contribution in [0.4, 0.5) is 5.82 Å². The molecule has 2 aromatic rings. The molecule has 0 radical (unpaired) electrons. The van der Waals surface area contributed by atoms with Crippen LogP contribution in [0.25, 0.3) is 0 Å². The summed E-state index contributed by atoms with van der Waals surface area (Å²) in [5.74, 6) is 0.922. The number of anilines is 1. The Hall–Kier alpha value is -1.13. The molecule has 0 spiro atoms. The first kappa shape index (κ1) is 11.0. The van der Waals surface area contributed by atoms with Crippen LogP contribution in [0.15, 0.2) is 29.6 Å². The van der Waals surface area contributed by atoms with Gasteiger partial charge in [0.15, 0.2) is 11.0 Å². The number of rotatable bonds is 4. The standard InChI is InChI=1S/C12H12ClN3S/c13-11-5-6-12(15-14-11)16(9-3-4-9)8-10-2-1-7-17-10/h1-2,5-7,9H,3-4,8H2. The van der Waals surface area contributed by atoms with E-state index in [2.05, 4.69) is 32.6 Å². The Labute approximate surface area is 109 Å². The average molecular weight is 266 g/mol.